The van der Waals surface area contributed by atoms with Crippen molar-refractivity contribution in [3.8, 4) is 0 Å². The lowest BCUT2D eigenvalue weighted by Crippen LogP contribution is -2.06. The van der Waals surface area contributed by atoms with Crippen LogP contribution in [0.5, 0.6) is 0 Å². The average molecular weight is 243 g/mol. The van der Waals surface area contributed by atoms with Gasteiger partial charge >= 0.3 is 0 Å². The molecule has 0 heterocycles. The van der Waals surface area contributed by atoms with Gasteiger partial charge in [0.2, 0.25) is 0 Å². The molecule has 0 amide bonds. The van der Waals surface area contributed by atoms with E-state index in [-0.39, 0.29) is 17.0 Å². The summed E-state index contributed by atoms with van der Waals surface area (Å²) in [5.41, 5.74) is 4.85. The van der Waals surface area contributed by atoms with E-state index in [9.17, 15) is 0 Å². The third-order valence-electron chi connectivity index (χ3n) is 1.76. The Labute approximate surface area is 89.6 Å². The molecule has 72 valence electrons. The van der Waals surface area contributed by atoms with E-state index >= 15 is 0 Å². The normalized spacial score (nSPS) is 8.69. The molecule has 0 fully saturated rings. The lowest BCUT2D eigenvalue weighted by molar-refractivity contribution is 1.00. The molecule has 0 unspecified atom stereocenters. The standard InChI is InChI=1S/C10H14N2.BrH/c1-2-3-4-9-5-7-10(12-11)8-6-9;/h2,5-8,12H,1,3-4,11H2;1H. The van der Waals surface area contributed by atoms with Gasteiger partial charge < -0.3 is 5.43 Å². The molecule has 0 aliphatic heterocycles. The number of nitrogens with two attached hydrogens (primary N) is 1. The van der Waals surface area contributed by atoms with E-state index < -0.39 is 0 Å². The molecule has 0 saturated carbocycles. The van der Waals surface area contributed by atoms with Gasteiger partial charge in [0.25, 0.3) is 0 Å². The van der Waals surface area contributed by atoms with Crippen LogP contribution >= 0.6 is 17.0 Å². The fraction of sp³-hybridized carbons (Fsp3) is 0.200. The molecule has 0 saturated heterocycles. The number of hydrazine groups is 1. The number of benzene rings is 1. The molecule has 1 aromatic rings. The summed E-state index contributed by atoms with van der Waals surface area (Å²) >= 11 is 0. The van der Waals surface area contributed by atoms with E-state index in [2.05, 4.69) is 24.1 Å². The van der Waals surface area contributed by atoms with Gasteiger partial charge in [0.1, 0.15) is 0 Å². The maximum Gasteiger partial charge on any atom is 0.0485 e. The van der Waals surface area contributed by atoms with Crippen LogP contribution in [0.1, 0.15) is 12.0 Å². The summed E-state index contributed by atoms with van der Waals surface area (Å²) in [4.78, 5) is 0. The largest absolute Gasteiger partial charge is 0.324 e. The molecule has 0 atom stereocenters. The maximum atomic E-state index is 5.23. The molecule has 0 radical (unpaired) electrons. The van der Waals surface area contributed by atoms with Crippen molar-refractivity contribution in [2.45, 2.75) is 12.8 Å². The number of allylic oxidation sites excluding steroid dienone is 1. The van der Waals surface area contributed by atoms with Crippen LogP contribution in [-0.4, -0.2) is 0 Å². The minimum atomic E-state index is 0. The third-order valence-corrected chi connectivity index (χ3v) is 1.76. The van der Waals surface area contributed by atoms with E-state index in [0.717, 1.165) is 18.5 Å². The number of rotatable bonds is 4. The summed E-state index contributed by atoms with van der Waals surface area (Å²) in [5, 5.41) is 0. The van der Waals surface area contributed by atoms with Crippen LogP contribution in [0.25, 0.3) is 0 Å². The number of hydrogen-bond acceptors (Lipinski definition) is 2. The van der Waals surface area contributed by atoms with Crippen molar-refractivity contribution in [1.29, 1.82) is 0 Å². The second kappa shape index (κ2) is 6.69. The third kappa shape index (κ3) is 4.10. The van der Waals surface area contributed by atoms with E-state index in [0.29, 0.717) is 0 Å². The Bertz CT molecular complexity index is 244. The summed E-state index contributed by atoms with van der Waals surface area (Å²) in [6.45, 7) is 3.68. The number of anilines is 1. The molecule has 13 heavy (non-hydrogen) atoms. The number of halogens is 1. The van der Waals surface area contributed by atoms with Gasteiger partial charge in [-0.05, 0) is 30.5 Å². The Morgan fingerprint density at radius 2 is 1.92 bits per heavy atom. The van der Waals surface area contributed by atoms with Crippen LogP contribution in [-0.2, 0) is 6.42 Å². The van der Waals surface area contributed by atoms with Crippen LogP contribution in [0.2, 0.25) is 0 Å². The zero-order valence-corrected chi connectivity index (χ0v) is 9.21. The highest BCUT2D eigenvalue weighted by Crippen LogP contribution is 2.09. The van der Waals surface area contributed by atoms with Gasteiger partial charge in [0, 0.05) is 5.69 Å². The molecule has 2 nitrogen and oxygen atoms in total. The van der Waals surface area contributed by atoms with Gasteiger partial charge in [-0.25, -0.2) is 0 Å². The molecule has 0 spiro atoms. The highest BCUT2D eigenvalue weighted by molar-refractivity contribution is 8.93. The van der Waals surface area contributed by atoms with Crippen molar-refractivity contribution in [2.24, 2.45) is 5.84 Å². The Kier molecular flexibility index (Phi) is 6.28. The van der Waals surface area contributed by atoms with E-state index in [1.165, 1.54) is 5.56 Å². The summed E-state index contributed by atoms with van der Waals surface area (Å²) in [7, 11) is 0. The highest BCUT2D eigenvalue weighted by atomic mass is 79.9. The van der Waals surface area contributed by atoms with Crippen LogP contribution in [0.4, 0.5) is 5.69 Å². The lowest BCUT2D eigenvalue weighted by atomic mass is 10.1. The summed E-state index contributed by atoms with van der Waals surface area (Å²) in [5.74, 6) is 5.23. The number of nitrogen functional groups attached to an aromatic ring is 1. The van der Waals surface area contributed by atoms with Crippen molar-refractivity contribution in [3.05, 3.63) is 42.5 Å². The van der Waals surface area contributed by atoms with Crippen molar-refractivity contribution in [3.63, 3.8) is 0 Å². The zero-order valence-electron chi connectivity index (χ0n) is 7.49. The van der Waals surface area contributed by atoms with E-state index in [4.69, 9.17) is 5.84 Å². The van der Waals surface area contributed by atoms with Gasteiger partial charge in [-0.1, -0.05) is 18.2 Å². The van der Waals surface area contributed by atoms with E-state index in [1.54, 1.807) is 0 Å². The summed E-state index contributed by atoms with van der Waals surface area (Å²) in [6.07, 6.45) is 4.00. The smallest absolute Gasteiger partial charge is 0.0485 e. The van der Waals surface area contributed by atoms with Crippen LogP contribution in [0, 0.1) is 0 Å². The first-order valence-corrected chi connectivity index (χ1v) is 4.03. The molecule has 0 aromatic heterocycles. The minimum absolute atomic E-state index is 0. The fourth-order valence-electron chi connectivity index (χ4n) is 1.04. The van der Waals surface area contributed by atoms with Gasteiger partial charge in [-0.15, -0.1) is 23.6 Å². The minimum Gasteiger partial charge on any atom is -0.324 e. The predicted molar refractivity (Wildman–Crippen MR) is 63.1 cm³/mol. The number of nitrogens with one attached hydrogen (secondary N) is 1. The zero-order chi connectivity index (χ0) is 8.81. The van der Waals surface area contributed by atoms with Crippen LogP contribution in [0.15, 0.2) is 36.9 Å². The van der Waals surface area contributed by atoms with Gasteiger partial charge in [0.15, 0.2) is 0 Å². The quantitative estimate of drug-likeness (QED) is 0.484. The Morgan fingerprint density at radius 3 is 2.38 bits per heavy atom. The molecule has 3 heteroatoms. The molecule has 1 rings (SSSR count). The molecular formula is C10H15BrN2. The highest BCUT2D eigenvalue weighted by Gasteiger charge is 1.91. The number of hydrogen-bond donors (Lipinski definition) is 2. The van der Waals surface area contributed by atoms with Gasteiger partial charge in [0.05, 0.1) is 0 Å². The first-order chi connectivity index (χ1) is 5.86. The monoisotopic (exact) mass is 242 g/mol. The summed E-state index contributed by atoms with van der Waals surface area (Å²) in [6, 6.07) is 8.08. The van der Waals surface area contributed by atoms with Gasteiger partial charge in [-0.3, -0.25) is 5.84 Å². The Morgan fingerprint density at radius 1 is 1.31 bits per heavy atom. The second-order valence-electron chi connectivity index (χ2n) is 2.67. The molecule has 0 aliphatic carbocycles. The van der Waals surface area contributed by atoms with Crippen molar-refractivity contribution in [2.75, 3.05) is 5.43 Å². The second-order valence-corrected chi connectivity index (χ2v) is 2.67. The Hall–Kier alpha value is -0.800. The predicted octanol–water partition coefficient (Wildman–Crippen LogP) is 2.67. The van der Waals surface area contributed by atoms with Crippen LogP contribution in [0.3, 0.4) is 0 Å². The maximum absolute atomic E-state index is 5.23. The van der Waals surface area contributed by atoms with Crippen molar-refractivity contribution in [1.82, 2.24) is 0 Å². The van der Waals surface area contributed by atoms with Crippen molar-refractivity contribution < 1.29 is 0 Å². The molecule has 1 aromatic carbocycles. The molecule has 3 N–H and O–H groups in total. The van der Waals surface area contributed by atoms with E-state index in [1.807, 2.05) is 18.2 Å². The number of aryl methyl sites for hydroxylation is 1. The topological polar surface area (TPSA) is 38.0 Å². The fourth-order valence-corrected chi connectivity index (χ4v) is 1.04. The molecule has 0 aliphatic rings. The average Bonchev–Trinajstić information content (AvgIpc) is 2.15. The van der Waals surface area contributed by atoms with Gasteiger partial charge in [-0.2, -0.15) is 0 Å². The first kappa shape index (κ1) is 12.2. The van der Waals surface area contributed by atoms with Crippen LogP contribution < -0.4 is 11.3 Å². The van der Waals surface area contributed by atoms with Crippen molar-refractivity contribution >= 4 is 22.7 Å². The SMILES string of the molecule is Br.C=CCCc1ccc(NN)cc1. The first-order valence-electron chi connectivity index (χ1n) is 4.03. The molecular weight excluding hydrogens is 228 g/mol. The Balaban J connectivity index is 0.00000144. The summed E-state index contributed by atoms with van der Waals surface area (Å²) < 4.78 is 0. The lowest BCUT2D eigenvalue weighted by Gasteiger charge is -2.01. The molecule has 0 bridgehead atoms.